The number of furan rings is 1. The Balaban J connectivity index is 1.64. The van der Waals surface area contributed by atoms with Crippen LogP contribution in [0.1, 0.15) is 72.0 Å². The molecule has 0 amide bonds. The van der Waals surface area contributed by atoms with Crippen LogP contribution in [0.5, 0.6) is 0 Å². The van der Waals surface area contributed by atoms with Crippen molar-refractivity contribution in [1.29, 1.82) is 0 Å². The number of aliphatic hydroxyl groups excluding tert-OH is 1. The molecule has 2 bridgehead atoms. The maximum Gasteiger partial charge on any atom is 0.335 e. The van der Waals surface area contributed by atoms with E-state index in [0.29, 0.717) is 19.3 Å². The molecule has 1 aromatic heterocycles. The summed E-state index contributed by atoms with van der Waals surface area (Å²) < 4.78 is 22.0. The zero-order valence-electron chi connectivity index (χ0n) is 22.9. The molecule has 10 atom stereocenters. The summed E-state index contributed by atoms with van der Waals surface area (Å²) in [6, 6.07) is 1.82. The van der Waals surface area contributed by atoms with E-state index in [4.69, 9.17) is 18.6 Å². The average molecular weight is 531 g/mol. The van der Waals surface area contributed by atoms with E-state index in [1.165, 1.54) is 14.0 Å². The van der Waals surface area contributed by atoms with Crippen molar-refractivity contribution >= 4 is 23.7 Å². The van der Waals surface area contributed by atoms with E-state index in [9.17, 15) is 24.3 Å². The Bertz CT molecular complexity index is 1140. The Morgan fingerprint density at radius 3 is 2.47 bits per heavy atom. The number of cyclic esters (lactones) is 1. The smallest absolute Gasteiger partial charge is 0.335 e. The summed E-state index contributed by atoms with van der Waals surface area (Å²) in [6.07, 6.45) is 2.33. The van der Waals surface area contributed by atoms with Crippen LogP contribution in [0.25, 0.3) is 0 Å². The molecule has 1 aliphatic heterocycles. The lowest BCUT2D eigenvalue weighted by Crippen LogP contribution is -2.71. The van der Waals surface area contributed by atoms with Crippen LogP contribution in [0.4, 0.5) is 0 Å². The molecule has 0 aromatic carbocycles. The Labute approximate surface area is 222 Å². The minimum Gasteiger partial charge on any atom is -0.472 e. The van der Waals surface area contributed by atoms with E-state index in [-0.39, 0.29) is 35.9 Å². The van der Waals surface area contributed by atoms with Gasteiger partial charge in [-0.2, -0.15) is 0 Å². The second-order valence-electron chi connectivity index (χ2n) is 12.8. The SMILES string of the molecule is COC(=O)[C@H](O)[C@@H]1C(C)(C)[C@H](OC(C)=O)[C@H]2C[C@H]3C(CC[C@]4(C)[C@@H]3CC(=O)O[C@H]4c3ccoc3)[C@]1(C)C2=O. The molecule has 0 radical (unpaired) electrons. The molecule has 1 saturated heterocycles. The van der Waals surface area contributed by atoms with Gasteiger partial charge in [0, 0.05) is 41.1 Å². The molecule has 3 saturated carbocycles. The monoisotopic (exact) mass is 530 g/mol. The fourth-order valence-electron chi connectivity index (χ4n) is 9.29. The molecule has 1 aromatic rings. The number of carbonyl (C=O) groups is 4. The van der Waals surface area contributed by atoms with Gasteiger partial charge in [0.15, 0.2) is 6.10 Å². The van der Waals surface area contributed by atoms with Gasteiger partial charge in [-0.3, -0.25) is 14.4 Å². The summed E-state index contributed by atoms with van der Waals surface area (Å²) in [5, 5.41) is 11.4. The van der Waals surface area contributed by atoms with Crippen LogP contribution in [0.2, 0.25) is 0 Å². The Kier molecular flexibility index (Phi) is 6.32. The van der Waals surface area contributed by atoms with Crippen LogP contribution in [0.3, 0.4) is 0 Å². The molecule has 3 aliphatic carbocycles. The molecule has 38 heavy (non-hydrogen) atoms. The van der Waals surface area contributed by atoms with Crippen LogP contribution in [-0.4, -0.2) is 48.1 Å². The summed E-state index contributed by atoms with van der Waals surface area (Å²) >= 11 is 0. The number of fused-ring (bicyclic) bond motifs is 6. The summed E-state index contributed by atoms with van der Waals surface area (Å²) in [7, 11) is 1.21. The number of hydrogen-bond acceptors (Lipinski definition) is 9. The van der Waals surface area contributed by atoms with E-state index < -0.39 is 58.3 Å². The second kappa shape index (κ2) is 8.93. The molecule has 9 heteroatoms. The van der Waals surface area contributed by atoms with Crippen LogP contribution in [0, 0.1) is 45.8 Å². The summed E-state index contributed by atoms with van der Waals surface area (Å²) in [6.45, 7) is 9.01. The number of aliphatic hydroxyl groups is 1. The zero-order chi connectivity index (χ0) is 27.8. The molecule has 1 N–H and O–H groups in total. The van der Waals surface area contributed by atoms with Gasteiger partial charge in [0.25, 0.3) is 0 Å². The number of rotatable bonds is 4. The Hall–Kier alpha value is -2.68. The third-order valence-electron chi connectivity index (χ3n) is 10.7. The van der Waals surface area contributed by atoms with E-state index in [1.54, 1.807) is 12.5 Å². The third-order valence-corrected chi connectivity index (χ3v) is 10.7. The highest BCUT2D eigenvalue weighted by atomic mass is 16.6. The van der Waals surface area contributed by atoms with Crippen molar-refractivity contribution in [1.82, 2.24) is 0 Å². The molecular weight excluding hydrogens is 492 g/mol. The van der Waals surface area contributed by atoms with Gasteiger partial charge in [0.2, 0.25) is 0 Å². The molecular formula is C29H38O9. The van der Waals surface area contributed by atoms with Crippen molar-refractivity contribution in [3.8, 4) is 0 Å². The maximum atomic E-state index is 14.3. The highest BCUT2D eigenvalue weighted by molar-refractivity contribution is 5.92. The predicted molar refractivity (Wildman–Crippen MR) is 132 cm³/mol. The molecule has 4 fully saturated rings. The summed E-state index contributed by atoms with van der Waals surface area (Å²) in [5.74, 6) is -3.56. The molecule has 5 rings (SSSR count). The van der Waals surface area contributed by atoms with Crippen LogP contribution in [0.15, 0.2) is 23.0 Å². The first-order valence-corrected chi connectivity index (χ1v) is 13.5. The first-order chi connectivity index (χ1) is 17.8. The van der Waals surface area contributed by atoms with Gasteiger partial charge >= 0.3 is 17.9 Å². The summed E-state index contributed by atoms with van der Waals surface area (Å²) in [4.78, 5) is 52.2. The van der Waals surface area contributed by atoms with E-state index in [1.807, 2.05) is 26.8 Å². The van der Waals surface area contributed by atoms with Crippen LogP contribution >= 0.6 is 0 Å². The lowest BCUT2D eigenvalue weighted by Gasteiger charge is -2.67. The van der Waals surface area contributed by atoms with Gasteiger partial charge in [-0.05, 0) is 43.1 Å². The molecule has 9 nitrogen and oxygen atoms in total. The highest BCUT2D eigenvalue weighted by Gasteiger charge is 2.72. The molecule has 208 valence electrons. The second-order valence-corrected chi connectivity index (χ2v) is 12.8. The van der Waals surface area contributed by atoms with Crippen LogP contribution in [-0.2, 0) is 33.4 Å². The quantitative estimate of drug-likeness (QED) is 0.458. The van der Waals surface area contributed by atoms with Gasteiger partial charge in [-0.15, -0.1) is 0 Å². The van der Waals surface area contributed by atoms with Gasteiger partial charge < -0.3 is 23.7 Å². The van der Waals surface area contributed by atoms with Gasteiger partial charge in [0.1, 0.15) is 18.0 Å². The van der Waals surface area contributed by atoms with Crippen molar-refractivity contribution in [3.05, 3.63) is 24.2 Å². The lowest BCUT2D eigenvalue weighted by molar-refractivity contribution is -0.241. The zero-order valence-corrected chi connectivity index (χ0v) is 22.9. The van der Waals surface area contributed by atoms with Crippen molar-refractivity contribution in [2.75, 3.05) is 7.11 Å². The van der Waals surface area contributed by atoms with Crippen molar-refractivity contribution in [2.45, 2.75) is 78.6 Å². The first kappa shape index (κ1) is 26.9. The van der Waals surface area contributed by atoms with Gasteiger partial charge in [0.05, 0.1) is 25.6 Å². The predicted octanol–water partition coefficient (Wildman–Crippen LogP) is 3.63. The largest absolute Gasteiger partial charge is 0.472 e. The number of ether oxygens (including phenoxy) is 3. The van der Waals surface area contributed by atoms with Gasteiger partial charge in [-0.25, -0.2) is 4.79 Å². The topological polar surface area (TPSA) is 129 Å². The fourth-order valence-corrected chi connectivity index (χ4v) is 9.29. The van der Waals surface area contributed by atoms with E-state index >= 15 is 0 Å². The van der Waals surface area contributed by atoms with Crippen molar-refractivity contribution < 1.29 is 42.9 Å². The summed E-state index contributed by atoms with van der Waals surface area (Å²) in [5.41, 5.74) is -1.58. The molecule has 0 spiro atoms. The minimum atomic E-state index is -1.58. The van der Waals surface area contributed by atoms with E-state index in [0.717, 1.165) is 5.56 Å². The van der Waals surface area contributed by atoms with E-state index in [2.05, 4.69) is 6.92 Å². The highest BCUT2D eigenvalue weighted by Crippen LogP contribution is 2.70. The number of ketones is 1. The third kappa shape index (κ3) is 3.60. The average Bonchev–Trinajstić information content (AvgIpc) is 3.38. The number of Topliss-reactive ketones (excluding diaryl/α,β-unsaturated/α-hetero) is 1. The minimum absolute atomic E-state index is 0.0785. The first-order valence-electron chi connectivity index (χ1n) is 13.5. The number of methoxy groups -OCH3 is 1. The van der Waals surface area contributed by atoms with Crippen molar-refractivity contribution in [3.63, 3.8) is 0 Å². The molecule has 1 unspecified atom stereocenters. The molecule has 4 aliphatic rings. The lowest BCUT2D eigenvalue weighted by atomic mass is 9.37. The normalized spacial score (nSPS) is 42.2. The fraction of sp³-hybridized carbons (Fsp3) is 0.724. The van der Waals surface area contributed by atoms with Crippen LogP contribution < -0.4 is 0 Å². The Morgan fingerprint density at radius 1 is 1.16 bits per heavy atom. The van der Waals surface area contributed by atoms with Crippen molar-refractivity contribution in [2.24, 2.45) is 45.8 Å². The Morgan fingerprint density at radius 2 is 1.87 bits per heavy atom. The number of hydrogen-bond donors (Lipinski definition) is 1. The molecule has 2 heterocycles. The number of esters is 3. The maximum absolute atomic E-state index is 14.3. The van der Waals surface area contributed by atoms with Gasteiger partial charge in [-0.1, -0.05) is 27.7 Å². The standard InChI is InChI=1S/C29H38O9/c1-14(30)37-25-17-11-16-18(29(5,23(17)33)22(27(25,2)3)21(32)26(34)35-6)7-9-28(4)19(16)12-20(31)38-24(28)15-8-10-36-13-15/h8,10,13,16-19,21-22,24-25,32H,7,9,11-12H2,1-6H3/t16-,17-,18?,19+,21+,22+,24-,25+,28+,29-/m0/s1. The number of carbonyl (C=O) groups excluding carboxylic acids is 4.